The van der Waals surface area contributed by atoms with Gasteiger partial charge in [-0.25, -0.2) is 0 Å². The largest absolute Gasteiger partial charge is 0.388 e. The summed E-state index contributed by atoms with van der Waals surface area (Å²) in [4.78, 5) is 0. The van der Waals surface area contributed by atoms with Crippen molar-refractivity contribution in [1.29, 1.82) is 0 Å². The molecule has 104 valence electrons. The van der Waals surface area contributed by atoms with Gasteiger partial charge >= 0.3 is 0 Å². The van der Waals surface area contributed by atoms with E-state index < -0.39 is 0 Å². The van der Waals surface area contributed by atoms with Gasteiger partial charge in [0.2, 0.25) is 0 Å². The Morgan fingerprint density at radius 3 is 2.55 bits per heavy atom. The van der Waals surface area contributed by atoms with Gasteiger partial charge in [-0.05, 0) is 52.6 Å². The zero-order chi connectivity index (χ0) is 13.5. The van der Waals surface area contributed by atoms with Crippen LogP contribution in [0.3, 0.4) is 0 Å². The van der Waals surface area contributed by atoms with Gasteiger partial charge in [-0.3, -0.25) is 0 Å². The van der Waals surface area contributed by atoms with Crippen molar-refractivity contribution in [3.8, 4) is 0 Å². The molecule has 2 aliphatic rings. The summed E-state index contributed by atoms with van der Waals surface area (Å²) < 4.78 is 0. The first-order chi connectivity index (χ1) is 9.83. The third kappa shape index (κ3) is 1.96. The Labute approximate surface area is 120 Å². The molecule has 1 unspecified atom stereocenters. The zero-order valence-corrected chi connectivity index (χ0v) is 11.9. The molecule has 1 saturated carbocycles. The van der Waals surface area contributed by atoms with Gasteiger partial charge in [0.25, 0.3) is 0 Å². The second-order valence-electron chi connectivity index (χ2n) is 6.56. The van der Waals surface area contributed by atoms with Crippen LogP contribution in [0.15, 0.2) is 30.3 Å². The van der Waals surface area contributed by atoms with Gasteiger partial charge < -0.3 is 5.11 Å². The number of hydrogen-bond acceptors (Lipinski definition) is 1. The van der Waals surface area contributed by atoms with Gasteiger partial charge in [0.05, 0.1) is 6.10 Å². The van der Waals surface area contributed by atoms with E-state index in [1.54, 1.807) is 0 Å². The molecule has 0 bridgehead atoms. The molecule has 0 radical (unpaired) electrons. The molecule has 20 heavy (non-hydrogen) atoms. The fourth-order valence-corrected chi connectivity index (χ4v) is 4.25. The Balaban J connectivity index is 1.73. The number of aliphatic hydroxyl groups excluding tert-OH is 1. The Morgan fingerprint density at radius 1 is 1.00 bits per heavy atom. The normalized spacial score (nSPS) is 19.9. The summed E-state index contributed by atoms with van der Waals surface area (Å²) in [7, 11) is 0. The van der Waals surface area contributed by atoms with E-state index in [9.17, 15) is 5.11 Å². The topological polar surface area (TPSA) is 20.2 Å². The van der Waals surface area contributed by atoms with E-state index in [2.05, 4.69) is 30.3 Å². The van der Waals surface area contributed by atoms with E-state index in [-0.39, 0.29) is 6.10 Å². The van der Waals surface area contributed by atoms with Crippen molar-refractivity contribution in [2.24, 2.45) is 5.92 Å². The Hall–Kier alpha value is -1.34. The number of aliphatic hydroxyl groups is 1. The molecule has 1 atom stereocenters. The fourth-order valence-electron chi connectivity index (χ4n) is 4.25. The van der Waals surface area contributed by atoms with Crippen LogP contribution in [-0.2, 0) is 12.8 Å². The van der Waals surface area contributed by atoms with Crippen LogP contribution in [0, 0.1) is 5.92 Å². The van der Waals surface area contributed by atoms with E-state index in [1.165, 1.54) is 47.6 Å². The molecule has 0 amide bonds. The first kappa shape index (κ1) is 12.4. The second kappa shape index (κ2) is 4.89. The van der Waals surface area contributed by atoms with Gasteiger partial charge in [-0.1, -0.05) is 56.0 Å². The zero-order valence-electron chi connectivity index (χ0n) is 11.9. The van der Waals surface area contributed by atoms with Crippen LogP contribution in [0.1, 0.15) is 54.9 Å². The van der Waals surface area contributed by atoms with Gasteiger partial charge in [-0.2, -0.15) is 0 Å². The van der Waals surface area contributed by atoms with Crippen LogP contribution in [0.4, 0.5) is 0 Å². The third-order valence-corrected chi connectivity index (χ3v) is 5.30. The predicted molar refractivity (Wildman–Crippen MR) is 82.9 cm³/mol. The van der Waals surface area contributed by atoms with Crippen LogP contribution in [-0.4, -0.2) is 5.11 Å². The molecule has 1 heteroatoms. The monoisotopic (exact) mass is 266 g/mol. The van der Waals surface area contributed by atoms with Gasteiger partial charge in [0, 0.05) is 0 Å². The Morgan fingerprint density at radius 2 is 1.75 bits per heavy atom. The molecule has 0 aromatic heterocycles. The molecular weight excluding hydrogens is 244 g/mol. The highest BCUT2D eigenvalue weighted by Crippen LogP contribution is 2.38. The summed E-state index contributed by atoms with van der Waals surface area (Å²) in [5.74, 6) is 0.730. The molecule has 2 aromatic rings. The number of hydrogen-bond donors (Lipinski definition) is 1. The highest BCUT2D eigenvalue weighted by atomic mass is 16.3. The van der Waals surface area contributed by atoms with Crippen molar-refractivity contribution in [2.45, 2.75) is 51.0 Å². The fraction of sp³-hybridized carbons (Fsp3) is 0.474. The van der Waals surface area contributed by atoms with E-state index >= 15 is 0 Å². The van der Waals surface area contributed by atoms with Crippen molar-refractivity contribution < 1.29 is 5.11 Å². The molecule has 0 heterocycles. The van der Waals surface area contributed by atoms with E-state index in [0.717, 1.165) is 30.7 Å². The van der Waals surface area contributed by atoms with Crippen LogP contribution in [0.2, 0.25) is 0 Å². The van der Waals surface area contributed by atoms with Crippen molar-refractivity contribution >= 4 is 10.8 Å². The lowest BCUT2D eigenvalue weighted by Crippen LogP contribution is -2.05. The second-order valence-corrected chi connectivity index (χ2v) is 6.56. The van der Waals surface area contributed by atoms with E-state index in [1.807, 2.05) is 0 Å². The SMILES string of the molecule is OC(CC1CCCC1)c1ccc2c3c(cccc13)CC2. The number of aryl methyl sites for hydroxylation is 2. The summed E-state index contributed by atoms with van der Waals surface area (Å²) in [6.45, 7) is 0. The van der Waals surface area contributed by atoms with Crippen molar-refractivity contribution in [2.75, 3.05) is 0 Å². The predicted octanol–water partition coefficient (Wildman–Crippen LogP) is 4.55. The maximum atomic E-state index is 10.7. The summed E-state index contributed by atoms with van der Waals surface area (Å²) in [6, 6.07) is 11.0. The molecule has 0 spiro atoms. The smallest absolute Gasteiger partial charge is 0.0798 e. The van der Waals surface area contributed by atoms with Gasteiger partial charge in [0.1, 0.15) is 0 Å². The molecule has 4 rings (SSSR count). The molecule has 1 nitrogen and oxygen atoms in total. The number of rotatable bonds is 3. The Kier molecular flexibility index (Phi) is 3.03. The van der Waals surface area contributed by atoms with Gasteiger partial charge in [-0.15, -0.1) is 0 Å². The van der Waals surface area contributed by atoms with Crippen LogP contribution in [0.25, 0.3) is 10.8 Å². The van der Waals surface area contributed by atoms with E-state index in [4.69, 9.17) is 0 Å². The van der Waals surface area contributed by atoms with E-state index in [0.29, 0.717) is 0 Å². The number of benzene rings is 2. The third-order valence-electron chi connectivity index (χ3n) is 5.30. The first-order valence-electron chi connectivity index (χ1n) is 8.04. The summed E-state index contributed by atoms with van der Waals surface area (Å²) >= 11 is 0. The van der Waals surface area contributed by atoms with Crippen molar-refractivity contribution in [1.82, 2.24) is 0 Å². The summed E-state index contributed by atoms with van der Waals surface area (Å²) in [5, 5.41) is 13.4. The standard InChI is InChI=1S/C19H22O/c20-18(12-13-4-1-2-5-13)16-11-10-15-9-8-14-6-3-7-17(16)19(14)15/h3,6-7,10-11,13,18,20H,1-2,4-5,8-9,12H2. The Bertz CT molecular complexity index is 627. The minimum absolute atomic E-state index is 0.289. The summed E-state index contributed by atoms with van der Waals surface area (Å²) in [5.41, 5.74) is 4.08. The van der Waals surface area contributed by atoms with Crippen LogP contribution < -0.4 is 0 Å². The quantitative estimate of drug-likeness (QED) is 0.864. The highest BCUT2D eigenvalue weighted by molar-refractivity contribution is 5.93. The maximum Gasteiger partial charge on any atom is 0.0798 e. The molecule has 0 aliphatic heterocycles. The van der Waals surface area contributed by atoms with Crippen LogP contribution in [0.5, 0.6) is 0 Å². The minimum Gasteiger partial charge on any atom is -0.388 e. The molecule has 2 aliphatic carbocycles. The lowest BCUT2D eigenvalue weighted by molar-refractivity contribution is 0.146. The first-order valence-corrected chi connectivity index (χ1v) is 8.04. The van der Waals surface area contributed by atoms with Crippen molar-refractivity contribution in [3.05, 3.63) is 47.0 Å². The maximum absolute atomic E-state index is 10.7. The van der Waals surface area contributed by atoms with Crippen molar-refractivity contribution in [3.63, 3.8) is 0 Å². The lowest BCUT2D eigenvalue weighted by atomic mass is 9.91. The summed E-state index contributed by atoms with van der Waals surface area (Å²) in [6.07, 6.45) is 8.28. The average molecular weight is 266 g/mol. The molecule has 1 N–H and O–H groups in total. The molecule has 1 fully saturated rings. The minimum atomic E-state index is -0.289. The molecule has 0 saturated heterocycles. The molecule has 2 aromatic carbocycles. The van der Waals surface area contributed by atoms with Gasteiger partial charge in [0.15, 0.2) is 0 Å². The average Bonchev–Trinajstić information content (AvgIpc) is 3.10. The molecular formula is C19H22O. The van der Waals surface area contributed by atoms with Crippen LogP contribution >= 0.6 is 0 Å². The highest BCUT2D eigenvalue weighted by Gasteiger charge is 2.23. The lowest BCUT2D eigenvalue weighted by Gasteiger charge is -2.18.